The summed E-state index contributed by atoms with van der Waals surface area (Å²) in [5.41, 5.74) is 1.77. The van der Waals surface area contributed by atoms with Crippen molar-refractivity contribution in [2.75, 3.05) is 13.1 Å². The summed E-state index contributed by atoms with van der Waals surface area (Å²) in [4.78, 5) is 23.0. The van der Waals surface area contributed by atoms with Crippen LogP contribution in [0.2, 0.25) is 0 Å². The third-order valence-electron chi connectivity index (χ3n) is 3.28. The second kappa shape index (κ2) is 4.20. The predicted octanol–water partition coefficient (Wildman–Crippen LogP) is -1.21. The van der Waals surface area contributed by atoms with Gasteiger partial charge in [0.05, 0.1) is 24.1 Å². The van der Waals surface area contributed by atoms with Gasteiger partial charge in [-0.3, -0.25) is 9.69 Å². The van der Waals surface area contributed by atoms with Gasteiger partial charge in [-0.25, -0.2) is 4.98 Å². The SMILES string of the molecule is O=c1[nH]cnc2c(CN3C[C@@H](O)[C@@H](O)C3)c[nH]c12. The molecule has 7 heteroatoms. The number of nitrogens with one attached hydrogen (secondary N) is 2. The molecular formula is C11H14N4O3. The molecule has 1 saturated heterocycles. The van der Waals surface area contributed by atoms with Crippen molar-refractivity contribution < 1.29 is 10.2 Å². The van der Waals surface area contributed by atoms with E-state index in [-0.39, 0.29) is 5.56 Å². The number of likely N-dealkylation sites (tertiary alicyclic amines) is 1. The highest BCUT2D eigenvalue weighted by molar-refractivity contribution is 5.77. The molecular weight excluding hydrogens is 236 g/mol. The lowest BCUT2D eigenvalue weighted by Crippen LogP contribution is -2.22. The summed E-state index contributed by atoms with van der Waals surface area (Å²) in [6.45, 7) is 1.40. The molecule has 18 heavy (non-hydrogen) atoms. The molecule has 2 aromatic rings. The molecule has 2 aromatic heterocycles. The van der Waals surface area contributed by atoms with Crippen LogP contribution in [0.3, 0.4) is 0 Å². The number of aliphatic hydroxyl groups is 2. The van der Waals surface area contributed by atoms with Crippen molar-refractivity contribution in [1.29, 1.82) is 0 Å². The van der Waals surface area contributed by atoms with E-state index in [4.69, 9.17) is 0 Å². The van der Waals surface area contributed by atoms with Crippen molar-refractivity contribution in [2.45, 2.75) is 18.8 Å². The summed E-state index contributed by atoms with van der Waals surface area (Å²) in [6, 6.07) is 0. The number of hydrogen-bond donors (Lipinski definition) is 4. The smallest absolute Gasteiger partial charge is 0.275 e. The Morgan fingerprint density at radius 2 is 2.06 bits per heavy atom. The van der Waals surface area contributed by atoms with Crippen LogP contribution in [0.15, 0.2) is 17.3 Å². The highest BCUT2D eigenvalue weighted by Crippen LogP contribution is 2.18. The molecule has 4 N–H and O–H groups in total. The molecule has 1 fully saturated rings. The fourth-order valence-corrected chi connectivity index (χ4v) is 2.34. The number of fused-ring (bicyclic) bond motifs is 1. The molecule has 96 valence electrons. The molecule has 1 aliphatic heterocycles. The van der Waals surface area contributed by atoms with E-state index in [1.165, 1.54) is 6.33 Å². The molecule has 0 radical (unpaired) electrons. The number of H-pyrrole nitrogens is 2. The van der Waals surface area contributed by atoms with E-state index < -0.39 is 12.2 Å². The van der Waals surface area contributed by atoms with Gasteiger partial charge in [0, 0.05) is 31.4 Å². The second-order valence-corrected chi connectivity index (χ2v) is 4.60. The van der Waals surface area contributed by atoms with E-state index >= 15 is 0 Å². The average Bonchev–Trinajstić information content (AvgIpc) is 2.86. The fraction of sp³-hybridized carbons (Fsp3) is 0.455. The van der Waals surface area contributed by atoms with Gasteiger partial charge in [-0.15, -0.1) is 0 Å². The van der Waals surface area contributed by atoms with Gasteiger partial charge in [-0.1, -0.05) is 0 Å². The zero-order valence-electron chi connectivity index (χ0n) is 9.63. The van der Waals surface area contributed by atoms with Crippen molar-refractivity contribution >= 4 is 11.0 Å². The zero-order valence-corrected chi connectivity index (χ0v) is 9.63. The number of hydrogen-bond acceptors (Lipinski definition) is 5. The molecule has 0 spiro atoms. The van der Waals surface area contributed by atoms with Crippen LogP contribution in [0.1, 0.15) is 5.56 Å². The van der Waals surface area contributed by atoms with Crippen LogP contribution in [-0.2, 0) is 6.54 Å². The summed E-state index contributed by atoms with van der Waals surface area (Å²) in [5.74, 6) is 0. The maximum absolute atomic E-state index is 11.5. The van der Waals surface area contributed by atoms with Crippen molar-refractivity contribution in [3.05, 3.63) is 28.4 Å². The monoisotopic (exact) mass is 250 g/mol. The number of β-amino-alcohol motifs (C(OH)–C–C–N with tert-alkyl or cyclic N) is 2. The first-order valence-electron chi connectivity index (χ1n) is 5.77. The molecule has 0 bridgehead atoms. The number of aliphatic hydroxyl groups excluding tert-OH is 2. The Morgan fingerprint density at radius 3 is 2.78 bits per heavy atom. The fourth-order valence-electron chi connectivity index (χ4n) is 2.34. The molecule has 7 nitrogen and oxygen atoms in total. The Balaban J connectivity index is 1.88. The highest BCUT2D eigenvalue weighted by atomic mass is 16.3. The van der Waals surface area contributed by atoms with Gasteiger partial charge in [0.2, 0.25) is 0 Å². The Labute approximate surface area is 102 Å². The maximum Gasteiger partial charge on any atom is 0.275 e. The lowest BCUT2D eigenvalue weighted by molar-refractivity contribution is 0.0572. The van der Waals surface area contributed by atoms with E-state index in [9.17, 15) is 15.0 Å². The number of aromatic nitrogens is 3. The summed E-state index contributed by atoms with van der Waals surface area (Å²) in [5, 5.41) is 19.0. The summed E-state index contributed by atoms with van der Waals surface area (Å²) in [6.07, 6.45) is 1.71. The average molecular weight is 250 g/mol. The molecule has 1 aliphatic rings. The summed E-state index contributed by atoms with van der Waals surface area (Å²) < 4.78 is 0. The highest BCUT2D eigenvalue weighted by Gasteiger charge is 2.29. The number of rotatable bonds is 2. The van der Waals surface area contributed by atoms with Gasteiger partial charge in [0.25, 0.3) is 5.56 Å². The van der Waals surface area contributed by atoms with E-state index in [0.717, 1.165) is 5.56 Å². The Morgan fingerprint density at radius 1 is 1.33 bits per heavy atom. The van der Waals surface area contributed by atoms with Crippen molar-refractivity contribution in [1.82, 2.24) is 19.9 Å². The van der Waals surface area contributed by atoms with Gasteiger partial charge in [-0.2, -0.15) is 0 Å². The first-order valence-corrected chi connectivity index (χ1v) is 5.77. The normalized spacial score (nSPS) is 25.0. The van der Waals surface area contributed by atoms with Crippen molar-refractivity contribution in [3.63, 3.8) is 0 Å². The third kappa shape index (κ3) is 1.82. The minimum atomic E-state index is -0.702. The molecule has 0 saturated carbocycles. The van der Waals surface area contributed by atoms with Crippen LogP contribution in [-0.4, -0.2) is 55.4 Å². The van der Waals surface area contributed by atoms with Crippen molar-refractivity contribution in [3.8, 4) is 0 Å². The summed E-state index contributed by atoms with van der Waals surface area (Å²) >= 11 is 0. The lowest BCUT2D eigenvalue weighted by Gasteiger charge is -2.13. The standard InChI is InChI=1S/C11H14N4O3/c16-7-3-15(4-8(7)17)2-6-1-12-10-9(6)13-5-14-11(10)18/h1,5,7-8,12,16-17H,2-4H2,(H,13,14,18)/t7-,8+. The maximum atomic E-state index is 11.5. The van der Waals surface area contributed by atoms with Gasteiger partial charge in [0.1, 0.15) is 5.52 Å². The third-order valence-corrected chi connectivity index (χ3v) is 3.28. The van der Waals surface area contributed by atoms with Crippen molar-refractivity contribution in [2.24, 2.45) is 0 Å². The van der Waals surface area contributed by atoms with E-state index in [0.29, 0.717) is 30.7 Å². The van der Waals surface area contributed by atoms with Gasteiger partial charge in [-0.05, 0) is 0 Å². The van der Waals surface area contributed by atoms with E-state index in [1.54, 1.807) is 6.20 Å². The Bertz CT molecular complexity index is 610. The predicted molar refractivity (Wildman–Crippen MR) is 64.0 cm³/mol. The van der Waals surface area contributed by atoms with Gasteiger partial charge >= 0.3 is 0 Å². The van der Waals surface area contributed by atoms with Crippen LogP contribution in [0.25, 0.3) is 11.0 Å². The first-order chi connectivity index (χ1) is 8.65. The van der Waals surface area contributed by atoms with Gasteiger partial charge in [0.15, 0.2) is 0 Å². The van der Waals surface area contributed by atoms with Crippen LogP contribution in [0.5, 0.6) is 0 Å². The topological polar surface area (TPSA) is 105 Å². The first kappa shape index (κ1) is 11.4. The van der Waals surface area contributed by atoms with Crippen LogP contribution >= 0.6 is 0 Å². The molecule has 0 unspecified atom stereocenters. The number of nitrogens with zero attached hydrogens (tertiary/aromatic N) is 2. The minimum Gasteiger partial charge on any atom is -0.389 e. The number of aromatic amines is 2. The van der Waals surface area contributed by atoms with Crippen LogP contribution in [0.4, 0.5) is 0 Å². The van der Waals surface area contributed by atoms with Crippen LogP contribution < -0.4 is 5.56 Å². The lowest BCUT2D eigenvalue weighted by atomic mass is 10.2. The molecule has 0 aliphatic carbocycles. The molecule has 0 amide bonds. The Hall–Kier alpha value is -1.70. The van der Waals surface area contributed by atoms with E-state index in [1.807, 2.05) is 4.90 Å². The quantitative estimate of drug-likeness (QED) is 0.535. The van der Waals surface area contributed by atoms with E-state index in [2.05, 4.69) is 15.0 Å². The van der Waals surface area contributed by atoms with Crippen LogP contribution in [0, 0.1) is 0 Å². The molecule has 2 atom stereocenters. The summed E-state index contributed by atoms with van der Waals surface area (Å²) in [7, 11) is 0. The molecule has 3 rings (SSSR count). The zero-order chi connectivity index (χ0) is 12.7. The molecule has 3 heterocycles. The Kier molecular flexibility index (Phi) is 2.66. The minimum absolute atomic E-state index is 0.201. The molecule has 0 aromatic carbocycles. The largest absolute Gasteiger partial charge is 0.389 e. The van der Waals surface area contributed by atoms with Gasteiger partial charge < -0.3 is 20.2 Å². The second-order valence-electron chi connectivity index (χ2n) is 4.60.